The van der Waals surface area contributed by atoms with Crippen LogP contribution in [0.15, 0.2) is 36.6 Å². The van der Waals surface area contributed by atoms with Gasteiger partial charge in [0.05, 0.1) is 10.2 Å². The van der Waals surface area contributed by atoms with Gasteiger partial charge in [-0.15, -0.1) is 0 Å². The summed E-state index contributed by atoms with van der Waals surface area (Å²) in [4.78, 5) is 12.1. The van der Waals surface area contributed by atoms with Crippen LogP contribution in [0.5, 0.6) is 0 Å². The molecule has 0 saturated heterocycles. The summed E-state index contributed by atoms with van der Waals surface area (Å²) in [5.41, 5.74) is 0.429. The fourth-order valence-electron chi connectivity index (χ4n) is 2.19. The first-order valence-corrected chi connectivity index (χ1v) is 10.5. The number of rotatable bonds is 7. The van der Waals surface area contributed by atoms with Crippen LogP contribution in [0, 0.1) is 15.4 Å². The lowest BCUT2D eigenvalue weighted by Gasteiger charge is -2.08. The minimum Gasteiger partial charge on any atom is -0.364 e. The SMILES string of the molecule is CCS(=N)(=N)CCNc1nonc1-c1noc(=O)n1-c1ccc(F)c(Br)c1. The Morgan fingerprint density at radius 1 is 1.33 bits per heavy atom. The molecule has 27 heavy (non-hydrogen) atoms. The molecule has 0 bridgehead atoms. The summed E-state index contributed by atoms with van der Waals surface area (Å²) in [5, 5.41) is 14.1. The summed E-state index contributed by atoms with van der Waals surface area (Å²) >= 11 is 3.07. The predicted octanol–water partition coefficient (Wildman–Crippen LogP) is 2.89. The first kappa shape index (κ1) is 19.2. The number of aromatic nitrogens is 4. The average molecular weight is 460 g/mol. The molecule has 2 aromatic heterocycles. The fraction of sp³-hybridized carbons (Fsp3) is 0.286. The molecule has 1 aromatic carbocycles. The summed E-state index contributed by atoms with van der Waals surface area (Å²) in [6.45, 7) is 2.11. The minimum absolute atomic E-state index is 0.0214. The van der Waals surface area contributed by atoms with Crippen molar-refractivity contribution in [2.75, 3.05) is 23.4 Å². The van der Waals surface area contributed by atoms with Gasteiger partial charge in [0, 0.05) is 18.1 Å². The number of hydrogen-bond donors (Lipinski definition) is 3. The van der Waals surface area contributed by atoms with E-state index < -0.39 is 21.2 Å². The number of hydrogen-bond acceptors (Lipinski definition) is 9. The monoisotopic (exact) mass is 459 g/mol. The molecule has 144 valence electrons. The molecular formula is C14H15BrFN7O3S. The lowest BCUT2D eigenvalue weighted by atomic mass is 10.3. The molecule has 0 aliphatic heterocycles. The lowest BCUT2D eigenvalue weighted by Crippen LogP contribution is -2.16. The average Bonchev–Trinajstić information content (AvgIpc) is 3.23. The molecule has 3 rings (SSSR count). The lowest BCUT2D eigenvalue weighted by molar-refractivity contribution is 0.309. The molecule has 2 heterocycles. The standard InChI is InChI=1S/C14H15BrFN7O3S/c1-2-27(17,18)6-5-19-12-11(20-26-21-12)13-22-25-14(24)23(13)8-3-4-10(16)9(15)7-8/h3-4,7,17-18H,2,5-6H2,1H3,(H,19,21). The van der Waals surface area contributed by atoms with E-state index in [2.05, 4.69) is 36.7 Å². The van der Waals surface area contributed by atoms with Gasteiger partial charge < -0.3 is 5.32 Å². The summed E-state index contributed by atoms with van der Waals surface area (Å²) in [7, 11) is -2.18. The van der Waals surface area contributed by atoms with Crippen LogP contribution in [0.2, 0.25) is 0 Å². The van der Waals surface area contributed by atoms with Crippen LogP contribution in [0.4, 0.5) is 10.2 Å². The van der Waals surface area contributed by atoms with Crippen molar-refractivity contribution in [1.29, 1.82) is 9.56 Å². The number of benzene rings is 1. The van der Waals surface area contributed by atoms with Crippen LogP contribution >= 0.6 is 15.9 Å². The first-order chi connectivity index (χ1) is 12.8. The number of anilines is 1. The van der Waals surface area contributed by atoms with Gasteiger partial charge in [0.2, 0.25) is 11.6 Å². The van der Waals surface area contributed by atoms with Gasteiger partial charge in [-0.1, -0.05) is 21.7 Å². The highest BCUT2D eigenvalue weighted by Gasteiger charge is 2.23. The highest BCUT2D eigenvalue weighted by molar-refractivity contribution is 9.10. The van der Waals surface area contributed by atoms with E-state index in [9.17, 15) is 9.18 Å². The van der Waals surface area contributed by atoms with Gasteiger partial charge in [-0.25, -0.2) is 18.4 Å². The van der Waals surface area contributed by atoms with Crippen molar-refractivity contribution < 1.29 is 13.5 Å². The van der Waals surface area contributed by atoms with Gasteiger partial charge in [0.15, 0.2) is 5.69 Å². The van der Waals surface area contributed by atoms with Gasteiger partial charge in [0.25, 0.3) is 0 Å². The van der Waals surface area contributed by atoms with Gasteiger partial charge in [-0.3, -0.25) is 14.1 Å². The Hall–Kier alpha value is -2.54. The highest BCUT2D eigenvalue weighted by atomic mass is 79.9. The van der Waals surface area contributed by atoms with Crippen molar-refractivity contribution in [2.45, 2.75) is 6.92 Å². The maximum atomic E-state index is 13.5. The van der Waals surface area contributed by atoms with Crippen molar-refractivity contribution in [3.8, 4) is 17.2 Å². The molecule has 13 heteroatoms. The van der Waals surface area contributed by atoms with Crippen LogP contribution in [0.3, 0.4) is 0 Å². The largest absolute Gasteiger partial charge is 0.446 e. The second kappa shape index (κ2) is 7.60. The molecule has 0 saturated carbocycles. The zero-order valence-electron chi connectivity index (χ0n) is 14.0. The molecule has 3 N–H and O–H groups in total. The molecule has 0 radical (unpaired) electrons. The molecule has 0 spiro atoms. The highest BCUT2D eigenvalue weighted by Crippen LogP contribution is 2.26. The molecule has 3 aromatic rings. The van der Waals surface area contributed by atoms with Crippen LogP contribution < -0.4 is 11.1 Å². The van der Waals surface area contributed by atoms with E-state index in [1.54, 1.807) is 6.92 Å². The fourth-order valence-corrected chi connectivity index (χ4v) is 3.30. The normalized spacial score (nSPS) is 11.7. The van der Waals surface area contributed by atoms with Crippen molar-refractivity contribution in [3.63, 3.8) is 0 Å². The van der Waals surface area contributed by atoms with Crippen LogP contribution in [-0.4, -0.2) is 38.1 Å². The van der Waals surface area contributed by atoms with E-state index in [1.165, 1.54) is 18.2 Å². The topological polar surface area (TPSA) is 147 Å². The van der Waals surface area contributed by atoms with Crippen molar-refractivity contribution >= 4 is 31.4 Å². The number of halogens is 2. The zero-order chi connectivity index (χ0) is 19.6. The molecule has 0 aliphatic rings. The van der Waals surface area contributed by atoms with Crippen LogP contribution in [0.25, 0.3) is 17.2 Å². The Bertz CT molecular complexity index is 1120. The second-order valence-electron chi connectivity index (χ2n) is 5.47. The van der Waals surface area contributed by atoms with E-state index in [4.69, 9.17) is 18.7 Å². The first-order valence-electron chi connectivity index (χ1n) is 7.71. The van der Waals surface area contributed by atoms with Crippen molar-refractivity contribution in [1.82, 2.24) is 20.0 Å². The molecule has 0 aliphatic carbocycles. The third-order valence-electron chi connectivity index (χ3n) is 3.70. The van der Waals surface area contributed by atoms with E-state index in [1.807, 2.05) is 0 Å². The summed E-state index contributed by atoms with van der Waals surface area (Å²) < 4.78 is 39.9. The summed E-state index contributed by atoms with van der Waals surface area (Å²) in [5.74, 6) is -0.266. The zero-order valence-corrected chi connectivity index (χ0v) is 16.4. The van der Waals surface area contributed by atoms with Gasteiger partial charge in [0.1, 0.15) is 5.82 Å². The number of nitrogens with zero attached hydrogens (tertiary/aromatic N) is 4. The molecular weight excluding hydrogens is 445 g/mol. The Morgan fingerprint density at radius 3 is 2.81 bits per heavy atom. The number of nitrogens with one attached hydrogen (secondary N) is 3. The minimum atomic E-state index is -2.18. The van der Waals surface area contributed by atoms with E-state index in [-0.39, 0.29) is 21.8 Å². The van der Waals surface area contributed by atoms with E-state index in [0.29, 0.717) is 23.7 Å². The third-order valence-corrected chi connectivity index (χ3v) is 6.20. The van der Waals surface area contributed by atoms with Crippen molar-refractivity contribution in [3.05, 3.63) is 39.0 Å². The molecule has 10 nitrogen and oxygen atoms in total. The maximum Gasteiger partial charge on any atom is 0.446 e. The molecule has 0 unspecified atom stereocenters. The Labute approximate surface area is 161 Å². The third kappa shape index (κ3) is 4.08. The van der Waals surface area contributed by atoms with Gasteiger partial charge in [-0.2, -0.15) is 0 Å². The van der Waals surface area contributed by atoms with Crippen LogP contribution in [0.1, 0.15) is 6.92 Å². The smallest absolute Gasteiger partial charge is 0.364 e. The van der Waals surface area contributed by atoms with E-state index in [0.717, 1.165) is 4.57 Å². The second-order valence-corrected chi connectivity index (χ2v) is 9.08. The van der Waals surface area contributed by atoms with Gasteiger partial charge >= 0.3 is 5.76 Å². The molecule has 0 fully saturated rings. The Kier molecular flexibility index (Phi) is 5.41. The summed E-state index contributed by atoms with van der Waals surface area (Å²) in [6, 6.07) is 3.98. The molecule has 0 atom stereocenters. The van der Waals surface area contributed by atoms with Crippen LogP contribution in [-0.2, 0) is 9.62 Å². The maximum absolute atomic E-state index is 13.5. The quantitative estimate of drug-likeness (QED) is 0.491. The predicted molar refractivity (Wildman–Crippen MR) is 99.8 cm³/mol. The van der Waals surface area contributed by atoms with Crippen molar-refractivity contribution in [2.24, 2.45) is 0 Å². The van der Waals surface area contributed by atoms with E-state index >= 15 is 0 Å². The van der Waals surface area contributed by atoms with Gasteiger partial charge in [-0.05, 0) is 44.4 Å². The Morgan fingerprint density at radius 2 is 2.11 bits per heavy atom. The summed E-state index contributed by atoms with van der Waals surface area (Å²) in [6.07, 6.45) is 0. The Balaban J connectivity index is 1.94. The molecule has 0 amide bonds.